The molecule has 0 fully saturated rings. The molecule has 1 rings (SSSR count). The molecule has 0 saturated heterocycles. The highest BCUT2D eigenvalue weighted by molar-refractivity contribution is 7.80. The number of methoxy groups -OCH3 is 1. The second-order valence-corrected chi connectivity index (χ2v) is 3.97. The smallest absolute Gasteiger partial charge is 0.425 e. The Morgan fingerprint density at radius 2 is 2.00 bits per heavy atom. The lowest BCUT2D eigenvalue weighted by molar-refractivity contribution is -0.189. The van der Waals surface area contributed by atoms with Gasteiger partial charge in [0.15, 0.2) is 6.10 Å². The molecule has 18 heavy (non-hydrogen) atoms. The van der Waals surface area contributed by atoms with Crippen LogP contribution in [0, 0.1) is 0 Å². The van der Waals surface area contributed by atoms with E-state index >= 15 is 0 Å². The minimum Gasteiger partial charge on any atom is -0.497 e. The highest BCUT2D eigenvalue weighted by Gasteiger charge is 2.38. The van der Waals surface area contributed by atoms with Gasteiger partial charge >= 0.3 is 6.18 Å². The van der Waals surface area contributed by atoms with Crippen LogP contribution >= 0.6 is 12.2 Å². The Morgan fingerprint density at radius 1 is 1.39 bits per heavy atom. The number of hydrogen-bond acceptors (Lipinski definition) is 3. The molecule has 0 aliphatic heterocycles. The van der Waals surface area contributed by atoms with Gasteiger partial charge in [-0.3, -0.25) is 0 Å². The molecule has 0 heterocycles. The predicted molar refractivity (Wildman–Crippen MR) is 65.0 cm³/mol. The van der Waals surface area contributed by atoms with Crippen molar-refractivity contribution in [3.63, 3.8) is 0 Å². The minimum absolute atomic E-state index is 0.0398. The number of hydrogen-bond donors (Lipinski definition) is 1. The zero-order valence-electron chi connectivity index (χ0n) is 9.75. The van der Waals surface area contributed by atoms with Gasteiger partial charge in [-0.2, -0.15) is 13.2 Å². The summed E-state index contributed by atoms with van der Waals surface area (Å²) in [6.07, 6.45) is -6.42. The summed E-state index contributed by atoms with van der Waals surface area (Å²) in [5.41, 5.74) is 5.66. The summed E-state index contributed by atoms with van der Waals surface area (Å²) in [7, 11) is 1.40. The Morgan fingerprint density at radius 3 is 2.44 bits per heavy atom. The molecule has 100 valence electrons. The van der Waals surface area contributed by atoms with Crippen LogP contribution < -0.4 is 15.2 Å². The van der Waals surface area contributed by atoms with Crippen LogP contribution in [0.3, 0.4) is 0 Å². The van der Waals surface area contributed by atoms with Crippen molar-refractivity contribution in [2.24, 2.45) is 5.73 Å². The number of ether oxygens (including phenoxy) is 2. The van der Waals surface area contributed by atoms with E-state index in [1.807, 2.05) is 0 Å². The van der Waals surface area contributed by atoms with E-state index in [1.165, 1.54) is 19.2 Å². The molecule has 1 aromatic rings. The SMILES string of the molecule is COc1ccc(C(N)=S)c(OC(C)C(F)(F)F)c1. The van der Waals surface area contributed by atoms with Gasteiger partial charge in [-0.25, -0.2) is 0 Å². The quantitative estimate of drug-likeness (QED) is 0.861. The molecular formula is C11H12F3NO2S. The van der Waals surface area contributed by atoms with Crippen LogP contribution in [0.2, 0.25) is 0 Å². The van der Waals surface area contributed by atoms with E-state index < -0.39 is 12.3 Å². The fourth-order valence-corrected chi connectivity index (χ4v) is 1.36. The van der Waals surface area contributed by atoms with E-state index in [0.717, 1.165) is 6.92 Å². The second kappa shape index (κ2) is 5.43. The summed E-state index contributed by atoms with van der Waals surface area (Å²) >= 11 is 4.75. The van der Waals surface area contributed by atoms with Crippen molar-refractivity contribution >= 4 is 17.2 Å². The maximum Gasteiger partial charge on any atom is 0.425 e. The largest absolute Gasteiger partial charge is 0.497 e. The maximum atomic E-state index is 12.4. The lowest BCUT2D eigenvalue weighted by atomic mass is 10.2. The van der Waals surface area contributed by atoms with Crippen LogP contribution in [0.15, 0.2) is 18.2 Å². The third kappa shape index (κ3) is 3.49. The van der Waals surface area contributed by atoms with Gasteiger partial charge in [0, 0.05) is 6.07 Å². The van der Waals surface area contributed by atoms with Gasteiger partial charge in [0.25, 0.3) is 0 Å². The fraction of sp³-hybridized carbons (Fsp3) is 0.364. The average Bonchev–Trinajstić information content (AvgIpc) is 2.27. The van der Waals surface area contributed by atoms with Gasteiger partial charge in [0.2, 0.25) is 0 Å². The average molecular weight is 279 g/mol. The summed E-state index contributed by atoms with van der Waals surface area (Å²) in [6, 6.07) is 4.32. The van der Waals surface area contributed by atoms with Crippen LogP contribution in [0.25, 0.3) is 0 Å². The highest BCUT2D eigenvalue weighted by Crippen LogP contribution is 2.30. The molecule has 0 aliphatic rings. The molecule has 0 aromatic heterocycles. The third-order valence-electron chi connectivity index (χ3n) is 2.22. The Bertz CT molecular complexity index is 448. The van der Waals surface area contributed by atoms with E-state index in [0.29, 0.717) is 5.75 Å². The molecule has 0 amide bonds. The van der Waals surface area contributed by atoms with Gasteiger partial charge in [-0.05, 0) is 19.1 Å². The first-order chi connectivity index (χ1) is 8.25. The van der Waals surface area contributed by atoms with Crippen molar-refractivity contribution in [2.45, 2.75) is 19.2 Å². The summed E-state index contributed by atoms with van der Waals surface area (Å²) in [5.74, 6) is 0.311. The topological polar surface area (TPSA) is 44.5 Å². The molecule has 3 nitrogen and oxygen atoms in total. The molecule has 0 saturated carbocycles. The molecule has 1 aromatic carbocycles. The van der Waals surface area contributed by atoms with Gasteiger partial charge in [-0.1, -0.05) is 12.2 Å². The molecular weight excluding hydrogens is 267 g/mol. The monoisotopic (exact) mass is 279 g/mol. The van der Waals surface area contributed by atoms with Crippen molar-refractivity contribution < 1.29 is 22.6 Å². The number of alkyl halides is 3. The maximum absolute atomic E-state index is 12.4. The normalized spacial score (nSPS) is 12.9. The third-order valence-corrected chi connectivity index (χ3v) is 2.44. The Kier molecular flexibility index (Phi) is 4.39. The van der Waals surface area contributed by atoms with Crippen LogP contribution in [0.4, 0.5) is 13.2 Å². The van der Waals surface area contributed by atoms with E-state index in [1.54, 1.807) is 6.07 Å². The van der Waals surface area contributed by atoms with Crippen LogP contribution in [0.1, 0.15) is 12.5 Å². The lowest BCUT2D eigenvalue weighted by Crippen LogP contribution is -2.31. The summed E-state index contributed by atoms with van der Waals surface area (Å²) in [6.45, 7) is 0.906. The standard InChI is InChI=1S/C11H12F3NO2S/c1-6(11(12,13)14)17-9-5-7(16-2)3-4-8(9)10(15)18/h3-6H,1-2H3,(H2,15,18). The summed E-state index contributed by atoms with van der Waals surface area (Å²) in [5, 5.41) is 0. The van der Waals surface area contributed by atoms with Crippen molar-refractivity contribution in [1.82, 2.24) is 0 Å². The van der Waals surface area contributed by atoms with Crippen LogP contribution in [-0.4, -0.2) is 24.4 Å². The van der Waals surface area contributed by atoms with Crippen LogP contribution in [-0.2, 0) is 0 Å². The first-order valence-electron chi connectivity index (χ1n) is 4.97. The molecule has 0 spiro atoms. The van der Waals surface area contributed by atoms with Gasteiger partial charge in [0.1, 0.15) is 16.5 Å². The second-order valence-electron chi connectivity index (χ2n) is 3.53. The van der Waals surface area contributed by atoms with Crippen molar-refractivity contribution in [2.75, 3.05) is 7.11 Å². The lowest BCUT2D eigenvalue weighted by Gasteiger charge is -2.19. The molecule has 7 heteroatoms. The van der Waals surface area contributed by atoms with E-state index in [-0.39, 0.29) is 16.3 Å². The number of rotatable bonds is 4. The predicted octanol–water partition coefficient (Wildman–Crippen LogP) is 2.66. The van der Waals surface area contributed by atoms with Crippen molar-refractivity contribution in [1.29, 1.82) is 0 Å². The number of halogens is 3. The van der Waals surface area contributed by atoms with Crippen molar-refractivity contribution in [3.05, 3.63) is 23.8 Å². The van der Waals surface area contributed by atoms with E-state index in [4.69, 9.17) is 27.4 Å². The van der Waals surface area contributed by atoms with E-state index in [2.05, 4.69) is 0 Å². The van der Waals surface area contributed by atoms with E-state index in [9.17, 15) is 13.2 Å². The number of thiocarbonyl (C=S) groups is 1. The first-order valence-corrected chi connectivity index (χ1v) is 5.37. The number of nitrogens with two attached hydrogens (primary N) is 1. The molecule has 1 atom stereocenters. The van der Waals surface area contributed by atoms with Gasteiger partial charge < -0.3 is 15.2 Å². The van der Waals surface area contributed by atoms with Crippen molar-refractivity contribution in [3.8, 4) is 11.5 Å². The summed E-state index contributed by atoms with van der Waals surface area (Å²) in [4.78, 5) is -0.0398. The summed E-state index contributed by atoms with van der Waals surface area (Å²) < 4.78 is 47.0. The zero-order chi connectivity index (χ0) is 13.9. The molecule has 0 aliphatic carbocycles. The molecule has 2 N–H and O–H groups in total. The minimum atomic E-state index is -4.46. The Labute approximate surface area is 108 Å². The molecule has 1 unspecified atom stereocenters. The highest BCUT2D eigenvalue weighted by atomic mass is 32.1. The van der Waals surface area contributed by atoms with Gasteiger partial charge in [0.05, 0.1) is 12.7 Å². The van der Waals surface area contributed by atoms with Gasteiger partial charge in [-0.15, -0.1) is 0 Å². The Balaban J connectivity index is 3.08. The first kappa shape index (κ1) is 14.6. The zero-order valence-corrected chi connectivity index (χ0v) is 10.6. The molecule has 0 radical (unpaired) electrons. The molecule has 0 bridgehead atoms. The fourth-order valence-electron chi connectivity index (χ4n) is 1.19. The van der Waals surface area contributed by atoms with Crippen LogP contribution in [0.5, 0.6) is 11.5 Å². The Hall–Kier alpha value is -1.50. The number of benzene rings is 1.